The van der Waals surface area contributed by atoms with Gasteiger partial charge in [-0.2, -0.15) is 0 Å². The zero-order valence-electron chi connectivity index (χ0n) is 18.1. The normalized spacial score (nSPS) is 11.6. The van der Waals surface area contributed by atoms with E-state index in [9.17, 15) is 4.79 Å². The van der Waals surface area contributed by atoms with Crippen LogP contribution in [0.5, 0.6) is 0 Å². The van der Waals surface area contributed by atoms with Crippen LogP contribution >= 0.6 is 11.8 Å². The Morgan fingerprint density at radius 2 is 1.38 bits per heavy atom. The smallest absolute Gasteiger partial charge is 0.356 e. The maximum absolute atomic E-state index is 12.6. The molecule has 0 atom stereocenters. The standard InChI is InChI=1S/C27H27NO3S/c1-3-20-31-28-25(26(29)30-4-2)21-32-27(22-14-8-5-9-15-22,23-16-10-6-11-17-23)24-18-12-7-13-19-24/h3,5-19H,1,4,20-21H2,2H3/b28-25+. The third-order valence-electron chi connectivity index (χ3n) is 4.84. The Bertz CT molecular complexity index is 924. The Morgan fingerprint density at radius 1 is 0.906 bits per heavy atom. The van der Waals surface area contributed by atoms with E-state index < -0.39 is 10.7 Å². The molecule has 0 aliphatic carbocycles. The van der Waals surface area contributed by atoms with Gasteiger partial charge in [-0.15, -0.1) is 11.8 Å². The van der Waals surface area contributed by atoms with Crippen LogP contribution < -0.4 is 0 Å². The molecular weight excluding hydrogens is 418 g/mol. The molecule has 32 heavy (non-hydrogen) atoms. The molecule has 0 unspecified atom stereocenters. The number of hydrogen-bond acceptors (Lipinski definition) is 5. The van der Waals surface area contributed by atoms with E-state index in [1.165, 1.54) is 0 Å². The van der Waals surface area contributed by atoms with Crippen LogP contribution in [0.4, 0.5) is 0 Å². The molecule has 3 rings (SSSR count). The van der Waals surface area contributed by atoms with Crippen molar-refractivity contribution in [2.24, 2.45) is 5.16 Å². The van der Waals surface area contributed by atoms with Gasteiger partial charge in [-0.1, -0.05) is 109 Å². The monoisotopic (exact) mass is 445 g/mol. The molecule has 164 valence electrons. The minimum atomic E-state index is -0.560. The van der Waals surface area contributed by atoms with Crippen LogP contribution in [0.15, 0.2) is 109 Å². The SMILES string of the molecule is C=CCO/N=C(\CSC(c1ccccc1)(c1ccccc1)c1ccccc1)C(=O)OCC. The number of oxime groups is 1. The summed E-state index contributed by atoms with van der Waals surface area (Å²) >= 11 is 1.61. The first-order chi connectivity index (χ1) is 15.7. The summed E-state index contributed by atoms with van der Waals surface area (Å²) in [4.78, 5) is 17.8. The minimum absolute atomic E-state index is 0.217. The molecule has 0 aliphatic rings. The molecule has 0 spiro atoms. The molecule has 0 saturated heterocycles. The molecule has 0 fully saturated rings. The second-order valence-electron chi connectivity index (χ2n) is 6.91. The van der Waals surface area contributed by atoms with E-state index in [0.29, 0.717) is 5.75 Å². The lowest BCUT2D eigenvalue weighted by molar-refractivity contribution is -0.135. The van der Waals surface area contributed by atoms with Crippen molar-refractivity contribution in [2.45, 2.75) is 11.7 Å². The zero-order chi connectivity index (χ0) is 22.7. The summed E-state index contributed by atoms with van der Waals surface area (Å²) in [7, 11) is 0. The van der Waals surface area contributed by atoms with Crippen molar-refractivity contribution in [3.63, 3.8) is 0 Å². The third-order valence-corrected chi connectivity index (χ3v) is 6.40. The van der Waals surface area contributed by atoms with Gasteiger partial charge in [0.25, 0.3) is 0 Å². The highest BCUT2D eigenvalue weighted by Crippen LogP contribution is 2.48. The van der Waals surface area contributed by atoms with Crippen LogP contribution in [-0.2, 0) is 19.1 Å². The van der Waals surface area contributed by atoms with Gasteiger partial charge >= 0.3 is 5.97 Å². The Labute approximate surface area is 194 Å². The molecule has 0 bridgehead atoms. The van der Waals surface area contributed by atoms with Gasteiger partial charge in [-0.25, -0.2) is 4.79 Å². The fourth-order valence-electron chi connectivity index (χ4n) is 3.45. The highest BCUT2D eigenvalue weighted by Gasteiger charge is 2.38. The fourth-order valence-corrected chi connectivity index (χ4v) is 4.88. The van der Waals surface area contributed by atoms with E-state index in [0.717, 1.165) is 16.7 Å². The molecule has 0 N–H and O–H groups in total. The number of rotatable bonds is 11. The van der Waals surface area contributed by atoms with Gasteiger partial charge in [0.2, 0.25) is 0 Å². The van der Waals surface area contributed by atoms with Gasteiger partial charge in [-0.05, 0) is 23.6 Å². The fraction of sp³-hybridized carbons (Fsp3) is 0.185. The molecule has 0 saturated carbocycles. The summed E-state index contributed by atoms with van der Waals surface area (Å²) in [5, 5.41) is 4.07. The minimum Gasteiger partial charge on any atom is -0.461 e. The Balaban J connectivity index is 2.11. The van der Waals surface area contributed by atoms with E-state index in [2.05, 4.69) is 48.1 Å². The largest absolute Gasteiger partial charge is 0.461 e. The molecule has 4 nitrogen and oxygen atoms in total. The molecule has 3 aromatic carbocycles. The number of carbonyl (C=O) groups excluding carboxylic acids is 1. The maximum atomic E-state index is 12.6. The molecule has 5 heteroatoms. The molecule has 0 aliphatic heterocycles. The van der Waals surface area contributed by atoms with Crippen LogP contribution in [0.25, 0.3) is 0 Å². The van der Waals surface area contributed by atoms with Gasteiger partial charge in [0.05, 0.1) is 11.4 Å². The summed E-state index contributed by atoms with van der Waals surface area (Å²) in [5.41, 5.74) is 3.55. The van der Waals surface area contributed by atoms with Gasteiger partial charge in [0.1, 0.15) is 6.61 Å². The number of ether oxygens (including phenoxy) is 1. The predicted molar refractivity (Wildman–Crippen MR) is 132 cm³/mol. The van der Waals surface area contributed by atoms with Gasteiger partial charge in [0, 0.05) is 5.75 Å². The lowest BCUT2D eigenvalue weighted by Gasteiger charge is -2.35. The summed E-state index contributed by atoms with van der Waals surface area (Å²) < 4.78 is 4.67. The quantitative estimate of drug-likeness (QED) is 0.0930. The average Bonchev–Trinajstić information content (AvgIpc) is 2.85. The number of thioether (sulfide) groups is 1. The lowest BCUT2D eigenvalue weighted by atomic mass is 9.84. The van der Waals surface area contributed by atoms with Gasteiger partial charge in [-0.3, -0.25) is 0 Å². The van der Waals surface area contributed by atoms with Crippen LogP contribution in [-0.4, -0.2) is 30.6 Å². The summed E-state index contributed by atoms with van der Waals surface area (Å²) in [6.45, 7) is 5.89. The number of benzene rings is 3. The number of hydrogen-bond donors (Lipinski definition) is 0. The van der Waals surface area contributed by atoms with E-state index >= 15 is 0 Å². The van der Waals surface area contributed by atoms with Crippen molar-refractivity contribution in [1.82, 2.24) is 0 Å². The van der Waals surface area contributed by atoms with Gasteiger partial charge < -0.3 is 9.57 Å². The van der Waals surface area contributed by atoms with Crippen LogP contribution in [0.2, 0.25) is 0 Å². The molecule has 0 heterocycles. The van der Waals surface area contributed by atoms with Crippen molar-refractivity contribution >= 4 is 23.4 Å². The molecule has 0 aromatic heterocycles. The molecular formula is C27H27NO3S. The Kier molecular flexibility index (Phi) is 8.70. The van der Waals surface area contributed by atoms with Gasteiger partial charge in [0.15, 0.2) is 5.71 Å². The van der Waals surface area contributed by atoms with Crippen molar-refractivity contribution in [3.8, 4) is 0 Å². The number of carbonyl (C=O) groups is 1. The first kappa shape index (κ1) is 23.4. The van der Waals surface area contributed by atoms with E-state index in [1.807, 2.05) is 54.6 Å². The zero-order valence-corrected chi connectivity index (χ0v) is 19.0. The highest BCUT2D eigenvalue weighted by molar-refractivity contribution is 8.01. The molecule has 0 radical (unpaired) electrons. The van der Waals surface area contributed by atoms with Crippen molar-refractivity contribution in [1.29, 1.82) is 0 Å². The van der Waals surface area contributed by atoms with E-state index in [-0.39, 0.29) is 18.9 Å². The Morgan fingerprint density at radius 3 is 1.78 bits per heavy atom. The third kappa shape index (κ3) is 5.48. The van der Waals surface area contributed by atoms with Crippen molar-refractivity contribution < 1.29 is 14.4 Å². The van der Waals surface area contributed by atoms with Crippen molar-refractivity contribution in [2.75, 3.05) is 19.0 Å². The highest BCUT2D eigenvalue weighted by atomic mass is 32.2. The number of nitrogens with zero attached hydrogens (tertiary/aromatic N) is 1. The second kappa shape index (κ2) is 11.9. The van der Waals surface area contributed by atoms with Crippen LogP contribution in [0, 0.1) is 0 Å². The summed E-state index contributed by atoms with van der Waals surface area (Å²) in [5.74, 6) is -0.179. The van der Waals surface area contributed by atoms with E-state index in [4.69, 9.17) is 9.57 Å². The molecule has 3 aromatic rings. The summed E-state index contributed by atoms with van der Waals surface area (Å²) in [6.07, 6.45) is 1.58. The predicted octanol–water partition coefficient (Wildman–Crippen LogP) is 5.83. The number of esters is 1. The lowest BCUT2D eigenvalue weighted by Crippen LogP contribution is -2.29. The Hall–Kier alpha value is -3.31. The first-order valence-corrected chi connectivity index (χ1v) is 11.5. The topological polar surface area (TPSA) is 47.9 Å². The second-order valence-corrected chi connectivity index (χ2v) is 8.10. The van der Waals surface area contributed by atoms with Crippen LogP contribution in [0.3, 0.4) is 0 Å². The average molecular weight is 446 g/mol. The summed E-state index contributed by atoms with van der Waals surface area (Å²) in [6, 6.07) is 30.9. The molecule has 0 amide bonds. The first-order valence-electron chi connectivity index (χ1n) is 10.5. The van der Waals surface area contributed by atoms with E-state index in [1.54, 1.807) is 24.8 Å². The van der Waals surface area contributed by atoms with Crippen LogP contribution in [0.1, 0.15) is 23.6 Å². The van der Waals surface area contributed by atoms with Crippen molar-refractivity contribution in [3.05, 3.63) is 120 Å². The maximum Gasteiger partial charge on any atom is 0.356 e.